The van der Waals surface area contributed by atoms with Gasteiger partial charge < -0.3 is 33.2 Å². The molecule has 2 aromatic rings. The fourth-order valence-electron chi connectivity index (χ4n) is 5.15. The lowest BCUT2D eigenvalue weighted by atomic mass is 9.89. The molecule has 15 nitrogen and oxygen atoms in total. The molecule has 0 N–H and O–H groups in total. The van der Waals surface area contributed by atoms with Crippen molar-refractivity contribution < 1.29 is 62.1 Å². The Hall–Kier alpha value is -4.76. The second-order valence-corrected chi connectivity index (χ2v) is 11.9. The number of ether oxygens (including phenoxy) is 7. The fourth-order valence-corrected chi connectivity index (χ4v) is 5.33. The Morgan fingerprint density at radius 1 is 0.857 bits per heavy atom. The summed E-state index contributed by atoms with van der Waals surface area (Å²) in [6.07, 6.45) is -6.30. The van der Waals surface area contributed by atoms with E-state index in [9.17, 15) is 34.1 Å². The summed E-state index contributed by atoms with van der Waals surface area (Å²) < 4.78 is 38.6. The molecular weight excluding hydrogens is 670 g/mol. The molecule has 1 aliphatic rings. The number of halogens is 1. The van der Waals surface area contributed by atoms with E-state index in [0.29, 0.717) is 16.7 Å². The molecule has 266 valence electrons. The van der Waals surface area contributed by atoms with Gasteiger partial charge in [0.05, 0.1) is 11.5 Å². The zero-order valence-corrected chi connectivity index (χ0v) is 28.8. The molecular formula is C33H38ClNO14. The maximum Gasteiger partial charge on any atom is 0.349 e. The standard InChI is InChI=1S/C33H38ClNO14/c1-8-43-32(40)33(6,7)49-26-12-9-21(14-25(26)35(41)42)13-23-15-22(10-11-24(23)34)28-30(46-19(4)38)31(47-20(5)39)29(45-18(3)37)27(48-28)16-44-17(2)36/h9-12,14-15,27-31H,8,13,16H2,1-7H3. The van der Waals surface area contributed by atoms with Crippen LogP contribution in [0.1, 0.15) is 71.3 Å². The van der Waals surface area contributed by atoms with Gasteiger partial charge in [0, 0.05) is 38.8 Å². The van der Waals surface area contributed by atoms with Crippen LogP contribution in [0.15, 0.2) is 36.4 Å². The van der Waals surface area contributed by atoms with Crippen LogP contribution in [0.3, 0.4) is 0 Å². The van der Waals surface area contributed by atoms with Crippen LogP contribution in [-0.2, 0) is 58.8 Å². The van der Waals surface area contributed by atoms with Crippen molar-refractivity contribution in [3.8, 4) is 5.75 Å². The van der Waals surface area contributed by atoms with Crippen LogP contribution >= 0.6 is 11.6 Å². The van der Waals surface area contributed by atoms with Crippen LogP contribution in [0.5, 0.6) is 5.75 Å². The van der Waals surface area contributed by atoms with Crippen molar-refractivity contribution in [3.05, 3.63) is 68.2 Å². The molecule has 0 bridgehead atoms. The van der Waals surface area contributed by atoms with Gasteiger partial charge in [0.1, 0.15) is 18.8 Å². The number of hydrogen-bond acceptors (Lipinski definition) is 14. The van der Waals surface area contributed by atoms with Gasteiger partial charge in [0.25, 0.3) is 0 Å². The number of benzene rings is 2. The van der Waals surface area contributed by atoms with E-state index in [2.05, 4.69) is 0 Å². The molecule has 3 rings (SSSR count). The van der Waals surface area contributed by atoms with Crippen LogP contribution < -0.4 is 4.74 Å². The number of rotatable bonds is 13. The van der Waals surface area contributed by atoms with Gasteiger partial charge in [-0.3, -0.25) is 29.3 Å². The summed E-state index contributed by atoms with van der Waals surface area (Å²) in [5, 5.41) is 12.3. The van der Waals surface area contributed by atoms with Crippen LogP contribution in [0.4, 0.5) is 5.69 Å². The van der Waals surface area contributed by atoms with Gasteiger partial charge in [0.2, 0.25) is 5.60 Å². The maximum absolute atomic E-state index is 12.3. The lowest BCUT2D eigenvalue weighted by molar-refractivity contribution is -0.386. The van der Waals surface area contributed by atoms with E-state index in [-0.39, 0.29) is 23.8 Å². The van der Waals surface area contributed by atoms with E-state index in [1.165, 1.54) is 39.0 Å². The minimum absolute atomic E-state index is 0.0698. The Kier molecular flexibility index (Phi) is 13.1. The zero-order chi connectivity index (χ0) is 36.6. The largest absolute Gasteiger partial charge is 0.469 e. The fraction of sp³-hybridized carbons (Fsp3) is 0.485. The van der Waals surface area contributed by atoms with E-state index in [0.717, 1.165) is 20.8 Å². The van der Waals surface area contributed by atoms with Gasteiger partial charge in [0.15, 0.2) is 24.1 Å². The molecule has 0 spiro atoms. The van der Waals surface area contributed by atoms with Crippen molar-refractivity contribution in [1.29, 1.82) is 0 Å². The average molecular weight is 708 g/mol. The first kappa shape index (κ1) is 38.7. The molecule has 0 aliphatic carbocycles. The maximum atomic E-state index is 12.3. The molecule has 2 aromatic carbocycles. The molecule has 0 aromatic heterocycles. The second kappa shape index (κ2) is 16.6. The van der Waals surface area contributed by atoms with E-state index < -0.39 is 83.2 Å². The van der Waals surface area contributed by atoms with Gasteiger partial charge in [-0.05, 0) is 56.0 Å². The Balaban J connectivity index is 2.05. The molecule has 5 unspecified atom stereocenters. The SMILES string of the molecule is CCOC(=O)C(C)(C)Oc1ccc(Cc2cc(C3OC(COC(C)=O)C(OC(C)=O)C(OC(C)=O)C3OC(C)=O)ccc2Cl)cc1[N+](=O)[O-]. The normalized spacial score (nSPS) is 20.4. The number of carbonyl (C=O) groups excluding carboxylic acids is 5. The van der Waals surface area contributed by atoms with Crippen LogP contribution in [0.2, 0.25) is 5.02 Å². The van der Waals surface area contributed by atoms with Gasteiger partial charge in [-0.25, -0.2) is 4.79 Å². The number of esters is 5. The smallest absolute Gasteiger partial charge is 0.349 e. The molecule has 1 saturated heterocycles. The van der Waals surface area contributed by atoms with Gasteiger partial charge in [-0.2, -0.15) is 0 Å². The average Bonchev–Trinajstić information content (AvgIpc) is 2.99. The number of nitro groups is 1. The number of carbonyl (C=O) groups is 5. The lowest BCUT2D eigenvalue weighted by Crippen LogP contribution is -2.59. The van der Waals surface area contributed by atoms with E-state index in [1.54, 1.807) is 25.1 Å². The summed E-state index contributed by atoms with van der Waals surface area (Å²) in [7, 11) is 0. The van der Waals surface area contributed by atoms with Gasteiger partial charge >= 0.3 is 35.5 Å². The topological polar surface area (TPSA) is 193 Å². The first-order valence-electron chi connectivity index (χ1n) is 15.2. The third-order valence-electron chi connectivity index (χ3n) is 7.14. The van der Waals surface area contributed by atoms with E-state index >= 15 is 0 Å². The predicted octanol–water partition coefficient (Wildman–Crippen LogP) is 4.36. The summed E-state index contributed by atoms with van der Waals surface area (Å²) in [6, 6.07) is 8.95. The molecule has 0 saturated carbocycles. The molecule has 0 radical (unpaired) electrons. The van der Waals surface area contributed by atoms with Gasteiger partial charge in [-0.15, -0.1) is 0 Å². The highest BCUT2D eigenvalue weighted by atomic mass is 35.5. The Labute approximate surface area is 287 Å². The first-order chi connectivity index (χ1) is 22.9. The predicted molar refractivity (Wildman–Crippen MR) is 170 cm³/mol. The molecule has 0 amide bonds. The summed E-state index contributed by atoms with van der Waals surface area (Å²) in [6.45, 7) is 8.73. The van der Waals surface area contributed by atoms with Crippen molar-refractivity contribution in [2.75, 3.05) is 13.2 Å². The van der Waals surface area contributed by atoms with E-state index in [4.69, 9.17) is 44.8 Å². The molecule has 1 heterocycles. The lowest BCUT2D eigenvalue weighted by Gasteiger charge is -2.44. The third-order valence-corrected chi connectivity index (χ3v) is 7.50. The van der Waals surface area contributed by atoms with Crippen LogP contribution in [0.25, 0.3) is 0 Å². The van der Waals surface area contributed by atoms with E-state index in [1.807, 2.05) is 0 Å². The minimum Gasteiger partial charge on any atom is -0.469 e. The molecule has 1 fully saturated rings. The summed E-state index contributed by atoms with van der Waals surface area (Å²) in [5.41, 5.74) is -0.607. The first-order valence-corrected chi connectivity index (χ1v) is 15.5. The summed E-state index contributed by atoms with van der Waals surface area (Å²) >= 11 is 6.56. The van der Waals surface area contributed by atoms with Gasteiger partial charge in [-0.1, -0.05) is 29.8 Å². The Morgan fingerprint density at radius 2 is 1.47 bits per heavy atom. The highest BCUT2D eigenvalue weighted by Crippen LogP contribution is 2.39. The Bertz CT molecular complexity index is 1590. The van der Waals surface area contributed by atoms with Crippen molar-refractivity contribution in [3.63, 3.8) is 0 Å². The zero-order valence-electron chi connectivity index (χ0n) is 28.0. The van der Waals surface area contributed by atoms with Crippen molar-refractivity contribution in [1.82, 2.24) is 0 Å². The molecule has 16 heteroatoms. The van der Waals surface area contributed by atoms with Crippen molar-refractivity contribution in [2.45, 2.75) is 91.0 Å². The number of nitro benzene ring substituents is 1. The summed E-state index contributed by atoms with van der Waals surface area (Å²) in [5.74, 6) is -3.80. The summed E-state index contributed by atoms with van der Waals surface area (Å²) in [4.78, 5) is 71.9. The quantitative estimate of drug-likeness (QED) is 0.123. The van der Waals surface area contributed by atoms with Crippen LogP contribution in [0, 0.1) is 10.1 Å². The Morgan fingerprint density at radius 3 is 2.04 bits per heavy atom. The minimum atomic E-state index is -1.51. The van der Waals surface area contributed by atoms with Crippen molar-refractivity contribution >= 4 is 47.1 Å². The molecule has 1 aliphatic heterocycles. The highest BCUT2D eigenvalue weighted by Gasteiger charge is 2.52. The number of nitrogens with zero attached hydrogens (tertiary/aromatic N) is 1. The third kappa shape index (κ3) is 10.4. The monoisotopic (exact) mass is 707 g/mol. The highest BCUT2D eigenvalue weighted by molar-refractivity contribution is 6.31. The molecule has 5 atom stereocenters. The second-order valence-electron chi connectivity index (χ2n) is 11.5. The van der Waals surface area contributed by atoms with Crippen LogP contribution in [-0.4, -0.2) is 78.0 Å². The number of hydrogen-bond donors (Lipinski definition) is 0. The molecule has 49 heavy (non-hydrogen) atoms. The van der Waals surface area contributed by atoms with Crippen molar-refractivity contribution in [2.24, 2.45) is 0 Å².